The van der Waals surface area contributed by atoms with Gasteiger partial charge in [-0.15, -0.1) is 0 Å². The predicted molar refractivity (Wildman–Crippen MR) is 158 cm³/mol. The van der Waals surface area contributed by atoms with Crippen LogP contribution in [-0.2, 0) is 11.2 Å². The molecule has 0 aliphatic carbocycles. The fourth-order valence-corrected chi connectivity index (χ4v) is 4.21. The summed E-state index contributed by atoms with van der Waals surface area (Å²) in [5, 5.41) is 9.14. The molecule has 0 aliphatic rings. The standard InChI is InChI=1S/C33H35N3O4/c1-23-6-4-8-26(20-23)32(37)36-31(33(38)35-19-18-34-27-12-16-28(39-3)17-13-27)22-25-10-14-29(15-11-25)40-30-9-5-7-24(2)21-30/h4-17,20-21,31,34H,18-19,22H2,1-3H3,(H,35,38)(H,36,37). The minimum Gasteiger partial charge on any atom is -0.497 e. The van der Waals surface area contributed by atoms with E-state index in [-0.39, 0.29) is 11.8 Å². The summed E-state index contributed by atoms with van der Waals surface area (Å²) in [4.78, 5) is 26.2. The number of anilines is 1. The number of hydrogen-bond acceptors (Lipinski definition) is 5. The van der Waals surface area contributed by atoms with Gasteiger partial charge in [0.25, 0.3) is 5.91 Å². The Bertz CT molecular complexity index is 1420. The molecule has 206 valence electrons. The minimum absolute atomic E-state index is 0.252. The van der Waals surface area contributed by atoms with E-state index in [1.807, 2.05) is 98.8 Å². The van der Waals surface area contributed by atoms with Crippen molar-refractivity contribution < 1.29 is 19.1 Å². The Morgan fingerprint density at radius 2 is 1.43 bits per heavy atom. The number of carbonyl (C=O) groups is 2. The van der Waals surface area contributed by atoms with Crippen LogP contribution in [0.2, 0.25) is 0 Å². The van der Waals surface area contributed by atoms with Gasteiger partial charge in [-0.05, 0) is 85.6 Å². The van der Waals surface area contributed by atoms with Crippen molar-refractivity contribution in [3.05, 3.63) is 119 Å². The van der Waals surface area contributed by atoms with E-state index >= 15 is 0 Å². The van der Waals surface area contributed by atoms with Crippen molar-refractivity contribution in [2.45, 2.75) is 26.3 Å². The minimum atomic E-state index is -0.752. The molecule has 2 amide bonds. The fraction of sp³-hybridized carbons (Fsp3) is 0.212. The van der Waals surface area contributed by atoms with Gasteiger partial charge in [-0.25, -0.2) is 0 Å². The second kappa shape index (κ2) is 13.8. The van der Waals surface area contributed by atoms with Crippen molar-refractivity contribution in [3.63, 3.8) is 0 Å². The molecule has 4 aromatic carbocycles. The van der Waals surface area contributed by atoms with Crippen LogP contribution >= 0.6 is 0 Å². The lowest BCUT2D eigenvalue weighted by atomic mass is 10.0. The number of nitrogens with one attached hydrogen (secondary N) is 3. The molecule has 0 fully saturated rings. The zero-order chi connectivity index (χ0) is 28.3. The number of methoxy groups -OCH3 is 1. The molecule has 7 nitrogen and oxygen atoms in total. The lowest BCUT2D eigenvalue weighted by Crippen LogP contribution is -2.48. The van der Waals surface area contributed by atoms with E-state index in [4.69, 9.17) is 9.47 Å². The highest BCUT2D eigenvalue weighted by Gasteiger charge is 2.22. The normalized spacial score (nSPS) is 11.3. The summed E-state index contributed by atoms with van der Waals surface area (Å²) in [6, 6.07) is 29.5. The molecule has 0 bridgehead atoms. The van der Waals surface area contributed by atoms with E-state index in [1.54, 1.807) is 19.2 Å². The van der Waals surface area contributed by atoms with Crippen molar-refractivity contribution in [2.24, 2.45) is 0 Å². The number of aryl methyl sites for hydroxylation is 2. The maximum Gasteiger partial charge on any atom is 0.251 e. The second-order valence-corrected chi connectivity index (χ2v) is 9.61. The Morgan fingerprint density at radius 3 is 2.10 bits per heavy atom. The summed E-state index contributed by atoms with van der Waals surface area (Å²) in [6.45, 7) is 4.87. The molecule has 0 aromatic heterocycles. The van der Waals surface area contributed by atoms with Crippen LogP contribution in [0.4, 0.5) is 5.69 Å². The van der Waals surface area contributed by atoms with Crippen molar-refractivity contribution in [2.75, 3.05) is 25.5 Å². The Labute approximate surface area is 235 Å². The first-order valence-electron chi connectivity index (χ1n) is 13.3. The summed E-state index contributed by atoms with van der Waals surface area (Å²) in [5.41, 5.74) is 4.43. The molecule has 1 unspecified atom stereocenters. The van der Waals surface area contributed by atoms with E-state index < -0.39 is 6.04 Å². The van der Waals surface area contributed by atoms with Crippen LogP contribution in [0.1, 0.15) is 27.0 Å². The Morgan fingerprint density at radius 1 is 0.750 bits per heavy atom. The quantitative estimate of drug-likeness (QED) is 0.203. The predicted octanol–water partition coefficient (Wildman–Crippen LogP) is 5.67. The Hall–Kier alpha value is -4.78. The molecule has 0 heterocycles. The lowest BCUT2D eigenvalue weighted by Gasteiger charge is -2.19. The van der Waals surface area contributed by atoms with Crippen LogP contribution in [0.25, 0.3) is 0 Å². The molecule has 4 rings (SSSR count). The van der Waals surface area contributed by atoms with Crippen molar-refractivity contribution in [3.8, 4) is 17.2 Å². The number of carbonyl (C=O) groups excluding carboxylic acids is 2. The zero-order valence-corrected chi connectivity index (χ0v) is 23.1. The molecule has 0 spiro atoms. The largest absolute Gasteiger partial charge is 0.497 e. The van der Waals surface area contributed by atoms with Gasteiger partial charge in [-0.3, -0.25) is 9.59 Å². The molecule has 3 N–H and O–H groups in total. The number of amides is 2. The summed E-state index contributed by atoms with van der Waals surface area (Å²) in [6.07, 6.45) is 0.333. The molecule has 0 radical (unpaired) electrons. The highest BCUT2D eigenvalue weighted by Crippen LogP contribution is 2.23. The molecule has 0 saturated carbocycles. The number of benzene rings is 4. The van der Waals surface area contributed by atoms with Gasteiger partial charge in [0.15, 0.2) is 0 Å². The lowest BCUT2D eigenvalue weighted by molar-refractivity contribution is -0.122. The van der Waals surface area contributed by atoms with Crippen molar-refractivity contribution >= 4 is 17.5 Å². The van der Waals surface area contributed by atoms with Crippen LogP contribution in [-0.4, -0.2) is 38.1 Å². The highest BCUT2D eigenvalue weighted by atomic mass is 16.5. The van der Waals surface area contributed by atoms with Gasteiger partial charge in [0, 0.05) is 30.8 Å². The third-order valence-corrected chi connectivity index (χ3v) is 6.33. The van der Waals surface area contributed by atoms with E-state index in [2.05, 4.69) is 16.0 Å². The van der Waals surface area contributed by atoms with Gasteiger partial charge in [-0.1, -0.05) is 42.0 Å². The van der Waals surface area contributed by atoms with Crippen LogP contribution in [0, 0.1) is 13.8 Å². The van der Waals surface area contributed by atoms with Gasteiger partial charge in [-0.2, -0.15) is 0 Å². The van der Waals surface area contributed by atoms with E-state index in [9.17, 15) is 9.59 Å². The average molecular weight is 538 g/mol. The zero-order valence-electron chi connectivity index (χ0n) is 23.1. The number of hydrogen-bond donors (Lipinski definition) is 3. The summed E-state index contributed by atoms with van der Waals surface area (Å²) in [7, 11) is 1.62. The Balaban J connectivity index is 1.39. The maximum absolute atomic E-state index is 13.2. The van der Waals surface area contributed by atoms with Gasteiger partial charge >= 0.3 is 0 Å². The smallest absolute Gasteiger partial charge is 0.251 e. The third kappa shape index (κ3) is 8.36. The second-order valence-electron chi connectivity index (χ2n) is 9.61. The van der Waals surface area contributed by atoms with E-state index in [1.165, 1.54) is 0 Å². The molecule has 4 aromatic rings. The topological polar surface area (TPSA) is 88.7 Å². The highest BCUT2D eigenvalue weighted by molar-refractivity contribution is 5.97. The van der Waals surface area contributed by atoms with Crippen molar-refractivity contribution in [1.29, 1.82) is 0 Å². The van der Waals surface area contributed by atoms with Gasteiger partial charge < -0.3 is 25.4 Å². The SMILES string of the molecule is COc1ccc(NCCNC(=O)C(Cc2ccc(Oc3cccc(C)c3)cc2)NC(=O)c2cccc(C)c2)cc1. The first-order chi connectivity index (χ1) is 19.4. The first-order valence-corrected chi connectivity index (χ1v) is 13.3. The molecule has 0 saturated heterocycles. The van der Waals surface area contributed by atoms with Crippen LogP contribution < -0.4 is 25.4 Å². The third-order valence-electron chi connectivity index (χ3n) is 6.33. The fourth-order valence-electron chi connectivity index (χ4n) is 4.21. The molecule has 40 heavy (non-hydrogen) atoms. The summed E-state index contributed by atoms with van der Waals surface area (Å²) in [5.74, 6) is 1.69. The number of ether oxygens (including phenoxy) is 2. The van der Waals surface area contributed by atoms with E-state index in [0.29, 0.717) is 30.8 Å². The average Bonchev–Trinajstić information content (AvgIpc) is 2.96. The Kier molecular flexibility index (Phi) is 9.77. The monoisotopic (exact) mass is 537 g/mol. The molecule has 0 aliphatic heterocycles. The van der Waals surface area contributed by atoms with Gasteiger partial charge in [0.1, 0.15) is 23.3 Å². The molecular formula is C33H35N3O4. The van der Waals surface area contributed by atoms with Crippen LogP contribution in [0.5, 0.6) is 17.2 Å². The molecule has 7 heteroatoms. The van der Waals surface area contributed by atoms with E-state index in [0.717, 1.165) is 33.9 Å². The van der Waals surface area contributed by atoms with Crippen molar-refractivity contribution in [1.82, 2.24) is 10.6 Å². The number of rotatable bonds is 12. The van der Waals surface area contributed by atoms with Crippen LogP contribution in [0.15, 0.2) is 97.1 Å². The maximum atomic E-state index is 13.2. The summed E-state index contributed by atoms with van der Waals surface area (Å²) < 4.78 is 11.1. The molecular weight excluding hydrogens is 502 g/mol. The van der Waals surface area contributed by atoms with Gasteiger partial charge in [0.05, 0.1) is 7.11 Å². The first kappa shape index (κ1) is 28.2. The van der Waals surface area contributed by atoms with Crippen LogP contribution in [0.3, 0.4) is 0 Å². The molecule has 1 atom stereocenters. The summed E-state index contributed by atoms with van der Waals surface area (Å²) >= 11 is 0. The van der Waals surface area contributed by atoms with Gasteiger partial charge in [0.2, 0.25) is 5.91 Å².